The zero-order chi connectivity index (χ0) is 15.4. The lowest BCUT2D eigenvalue weighted by Crippen LogP contribution is -2.43. The van der Waals surface area contributed by atoms with Gasteiger partial charge in [-0.2, -0.15) is 0 Å². The predicted octanol–water partition coefficient (Wildman–Crippen LogP) is 2.50. The molecule has 2 rings (SSSR count). The summed E-state index contributed by atoms with van der Waals surface area (Å²) < 4.78 is 4.83. The first-order valence-electron chi connectivity index (χ1n) is 6.92. The zero-order valence-electron chi connectivity index (χ0n) is 12.8. The molecule has 2 N–H and O–H groups in total. The van der Waals surface area contributed by atoms with Gasteiger partial charge in [-0.25, -0.2) is 4.98 Å². The summed E-state index contributed by atoms with van der Waals surface area (Å²) in [5, 5.41) is 4.02. The van der Waals surface area contributed by atoms with Crippen molar-refractivity contribution in [3.05, 3.63) is 23.8 Å². The molecular formula is C15H21N3O2S. The number of hydrogen-bond acceptors (Lipinski definition) is 5. The molecule has 0 bridgehead atoms. The minimum absolute atomic E-state index is 0.216. The normalized spacial score (nSPS) is 12.8. The van der Waals surface area contributed by atoms with Crippen LogP contribution in [-0.2, 0) is 9.53 Å². The van der Waals surface area contributed by atoms with Crippen LogP contribution in [0.1, 0.15) is 19.4 Å². The minimum Gasteiger partial charge on any atom is -0.468 e. The van der Waals surface area contributed by atoms with Crippen molar-refractivity contribution in [2.75, 3.05) is 12.9 Å². The van der Waals surface area contributed by atoms with Crippen LogP contribution in [0.15, 0.2) is 23.4 Å². The lowest BCUT2D eigenvalue weighted by Gasteiger charge is -2.17. The van der Waals surface area contributed by atoms with Crippen LogP contribution in [0, 0.1) is 6.92 Å². The van der Waals surface area contributed by atoms with Gasteiger partial charge in [0.1, 0.15) is 6.04 Å². The Kier molecular flexibility index (Phi) is 5.25. The standard InChI is InChI=1S/C15H21N3O2S/c1-9(2)16-13(14(19)20-4)8-21-15-17-11-6-5-10(3)7-12(11)18-15/h5-7,9,13,16H,8H2,1-4H3,(H,17,18). The molecule has 6 heteroatoms. The molecule has 0 saturated heterocycles. The molecule has 1 aromatic heterocycles. The van der Waals surface area contributed by atoms with E-state index >= 15 is 0 Å². The Morgan fingerprint density at radius 3 is 2.90 bits per heavy atom. The predicted molar refractivity (Wildman–Crippen MR) is 85.6 cm³/mol. The Morgan fingerprint density at radius 2 is 2.24 bits per heavy atom. The van der Waals surface area contributed by atoms with Gasteiger partial charge in [-0.15, -0.1) is 0 Å². The highest BCUT2D eigenvalue weighted by Crippen LogP contribution is 2.21. The topological polar surface area (TPSA) is 67.0 Å². The average Bonchev–Trinajstić information content (AvgIpc) is 2.84. The second-order valence-electron chi connectivity index (χ2n) is 5.27. The van der Waals surface area contributed by atoms with E-state index < -0.39 is 0 Å². The molecule has 21 heavy (non-hydrogen) atoms. The number of nitrogens with zero attached hydrogens (tertiary/aromatic N) is 1. The Balaban J connectivity index is 2.06. The number of esters is 1. The number of fused-ring (bicyclic) bond motifs is 1. The van der Waals surface area contributed by atoms with Crippen LogP contribution in [0.4, 0.5) is 0 Å². The van der Waals surface area contributed by atoms with Crippen molar-refractivity contribution in [1.82, 2.24) is 15.3 Å². The monoisotopic (exact) mass is 307 g/mol. The third-order valence-corrected chi connectivity index (χ3v) is 3.99. The zero-order valence-corrected chi connectivity index (χ0v) is 13.6. The number of carbonyl (C=O) groups excluding carboxylic acids is 1. The second kappa shape index (κ2) is 6.95. The van der Waals surface area contributed by atoms with Crippen molar-refractivity contribution in [3.63, 3.8) is 0 Å². The van der Waals surface area contributed by atoms with E-state index in [2.05, 4.69) is 21.4 Å². The molecule has 2 aromatic rings. The third-order valence-electron chi connectivity index (χ3n) is 3.02. The summed E-state index contributed by atoms with van der Waals surface area (Å²) >= 11 is 1.52. The first-order chi connectivity index (χ1) is 9.99. The lowest BCUT2D eigenvalue weighted by atomic mass is 10.2. The molecule has 0 fully saturated rings. The molecule has 0 aliphatic heterocycles. The SMILES string of the molecule is COC(=O)C(CSc1nc2ccc(C)cc2[nH]1)NC(C)C. The van der Waals surface area contributed by atoms with Crippen LogP contribution in [-0.4, -0.2) is 40.9 Å². The van der Waals surface area contributed by atoms with Crippen LogP contribution in [0.5, 0.6) is 0 Å². The number of nitrogens with one attached hydrogen (secondary N) is 2. The molecule has 1 aromatic carbocycles. The Labute approximate surface area is 128 Å². The van der Waals surface area contributed by atoms with Gasteiger partial charge in [0.25, 0.3) is 0 Å². The summed E-state index contributed by atoms with van der Waals surface area (Å²) in [5.41, 5.74) is 3.15. The maximum Gasteiger partial charge on any atom is 0.323 e. The van der Waals surface area contributed by atoms with E-state index in [1.807, 2.05) is 32.9 Å². The molecule has 114 valence electrons. The minimum atomic E-state index is -0.338. The number of methoxy groups -OCH3 is 1. The average molecular weight is 307 g/mol. The van der Waals surface area contributed by atoms with E-state index in [0.717, 1.165) is 16.2 Å². The first-order valence-corrected chi connectivity index (χ1v) is 7.91. The molecule has 0 radical (unpaired) electrons. The summed E-state index contributed by atoms with van der Waals surface area (Å²) in [6.45, 7) is 6.06. The van der Waals surface area contributed by atoms with Crippen LogP contribution in [0.3, 0.4) is 0 Å². The quantitative estimate of drug-likeness (QED) is 0.634. The van der Waals surface area contributed by atoms with E-state index in [9.17, 15) is 4.79 Å². The number of rotatable bonds is 6. The van der Waals surface area contributed by atoms with Crippen molar-refractivity contribution in [1.29, 1.82) is 0 Å². The maximum atomic E-state index is 11.8. The van der Waals surface area contributed by atoms with Crippen molar-refractivity contribution < 1.29 is 9.53 Å². The van der Waals surface area contributed by atoms with Crippen LogP contribution < -0.4 is 5.32 Å². The van der Waals surface area contributed by atoms with Crippen LogP contribution in [0.25, 0.3) is 11.0 Å². The Bertz CT molecular complexity index is 624. The molecular weight excluding hydrogens is 286 g/mol. The van der Waals surface area contributed by atoms with Gasteiger partial charge in [0, 0.05) is 11.8 Å². The number of imidazole rings is 1. The van der Waals surface area contributed by atoms with E-state index in [4.69, 9.17) is 4.74 Å². The number of carbonyl (C=O) groups is 1. The lowest BCUT2D eigenvalue weighted by molar-refractivity contribution is -0.142. The molecule has 0 aliphatic carbocycles. The molecule has 1 atom stereocenters. The highest BCUT2D eigenvalue weighted by atomic mass is 32.2. The van der Waals surface area contributed by atoms with Crippen LogP contribution in [0.2, 0.25) is 0 Å². The molecule has 0 aliphatic rings. The van der Waals surface area contributed by atoms with E-state index in [0.29, 0.717) is 5.75 Å². The summed E-state index contributed by atoms with van der Waals surface area (Å²) in [4.78, 5) is 19.5. The van der Waals surface area contributed by atoms with Gasteiger partial charge < -0.3 is 15.0 Å². The number of aromatic amines is 1. The molecule has 0 saturated carbocycles. The molecule has 5 nitrogen and oxygen atoms in total. The fourth-order valence-corrected chi connectivity index (χ4v) is 2.96. The van der Waals surface area contributed by atoms with Gasteiger partial charge in [0.05, 0.1) is 18.1 Å². The number of aromatic nitrogens is 2. The van der Waals surface area contributed by atoms with Gasteiger partial charge in [-0.3, -0.25) is 4.79 Å². The third kappa shape index (κ3) is 4.22. The van der Waals surface area contributed by atoms with E-state index in [-0.39, 0.29) is 18.1 Å². The smallest absolute Gasteiger partial charge is 0.323 e. The fourth-order valence-electron chi connectivity index (χ4n) is 2.06. The summed E-state index contributed by atoms with van der Waals surface area (Å²) in [7, 11) is 1.41. The van der Waals surface area contributed by atoms with Crippen molar-refractivity contribution in [3.8, 4) is 0 Å². The van der Waals surface area contributed by atoms with Gasteiger partial charge >= 0.3 is 5.97 Å². The molecule has 1 heterocycles. The largest absolute Gasteiger partial charge is 0.468 e. The van der Waals surface area contributed by atoms with Gasteiger partial charge in [-0.05, 0) is 24.6 Å². The van der Waals surface area contributed by atoms with E-state index in [1.165, 1.54) is 24.4 Å². The van der Waals surface area contributed by atoms with Gasteiger partial charge in [0.2, 0.25) is 0 Å². The molecule has 1 unspecified atom stereocenters. The fraction of sp³-hybridized carbons (Fsp3) is 0.467. The van der Waals surface area contributed by atoms with Crippen LogP contribution >= 0.6 is 11.8 Å². The molecule has 0 spiro atoms. The summed E-state index contributed by atoms with van der Waals surface area (Å²) in [5.74, 6) is 0.326. The second-order valence-corrected chi connectivity index (χ2v) is 6.28. The van der Waals surface area contributed by atoms with Crippen molar-refractivity contribution in [2.24, 2.45) is 0 Å². The number of benzene rings is 1. The van der Waals surface area contributed by atoms with Gasteiger partial charge in [-0.1, -0.05) is 31.7 Å². The molecule has 0 amide bonds. The first kappa shape index (κ1) is 15.9. The highest BCUT2D eigenvalue weighted by Gasteiger charge is 2.20. The summed E-state index contributed by atoms with van der Waals surface area (Å²) in [6, 6.07) is 5.98. The van der Waals surface area contributed by atoms with Gasteiger partial charge in [0.15, 0.2) is 5.16 Å². The number of ether oxygens (including phenoxy) is 1. The Morgan fingerprint density at radius 1 is 1.48 bits per heavy atom. The maximum absolute atomic E-state index is 11.8. The van der Waals surface area contributed by atoms with E-state index in [1.54, 1.807) is 0 Å². The number of aryl methyl sites for hydroxylation is 1. The number of H-pyrrole nitrogens is 1. The Hall–Kier alpha value is -1.53. The summed E-state index contributed by atoms with van der Waals surface area (Å²) in [6.07, 6.45) is 0. The number of hydrogen-bond donors (Lipinski definition) is 2. The van der Waals surface area contributed by atoms with Crippen molar-refractivity contribution in [2.45, 2.75) is 38.0 Å². The number of thioether (sulfide) groups is 1. The van der Waals surface area contributed by atoms with Crippen molar-refractivity contribution >= 4 is 28.8 Å². The highest BCUT2D eigenvalue weighted by molar-refractivity contribution is 7.99.